The van der Waals surface area contributed by atoms with E-state index in [1.165, 1.54) is 24.3 Å². The van der Waals surface area contributed by atoms with Crippen LogP contribution in [0.5, 0.6) is 0 Å². The molecule has 3 rings (SSSR count). The Morgan fingerprint density at radius 1 is 1.25 bits per heavy atom. The number of nitro benzene ring substituents is 1. The Kier molecular flexibility index (Phi) is 4.86. The van der Waals surface area contributed by atoms with Gasteiger partial charge in [0.2, 0.25) is 0 Å². The van der Waals surface area contributed by atoms with Gasteiger partial charge >= 0.3 is 6.18 Å². The molecule has 0 saturated carbocycles. The molecule has 11 heteroatoms. The third kappa shape index (κ3) is 3.43. The van der Waals surface area contributed by atoms with Gasteiger partial charge in [0.15, 0.2) is 0 Å². The molecule has 7 nitrogen and oxygen atoms in total. The highest BCUT2D eigenvalue weighted by Gasteiger charge is 2.63. The molecule has 1 atom stereocenters. The molecule has 0 radical (unpaired) electrons. The van der Waals surface area contributed by atoms with E-state index in [0.29, 0.717) is 5.02 Å². The molecule has 0 aromatic heterocycles. The van der Waals surface area contributed by atoms with Gasteiger partial charge in [0.05, 0.1) is 17.1 Å². The smallest absolute Gasteiger partial charge is 0.362 e. The van der Waals surface area contributed by atoms with Crippen molar-refractivity contribution in [2.24, 2.45) is 5.10 Å². The van der Waals surface area contributed by atoms with Gasteiger partial charge in [-0.05, 0) is 23.8 Å². The Hall–Kier alpha value is -2.98. The van der Waals surface area contributed by atoms with E-state index in [0.717, 1.165) is 24.3 Å². The maximum Gasteiger partial charge on any atom is 0.438 e. The molecule has 0 spiro atoms. The predicted molar refractivity (Wildman–Crippen MR) is 92.9 cm³/mol. The molecule has 1 aliphatic rings. The van der Waals surface area contributed by atoms with Crippen LogP contribution in [0.15, 0.2) is 53.6 Å². The monoisotopic (exact) mass is 413 g/mol. The average molecular weight is 414 g/mol. The van der Waals surface area contributed by atoms with Gasteiger partial charge in [0.25, 0.3) is 17.3 Å². The Morgan fingerprint density at radius 3 is 2.46 bits per heavy atom. The Bertz CT molecular complexity index is 978. The molecule has 0 aliphatic carbocycles. The maximum absolute atomic E-state index is 13.6. The van der Waals surface area contributed by atoms with Gasteiger partial charge < -0.3 is 5.11 Å². The van der Waals surface area contributed by atoms with Crippen molar-refractivity contribution in [1.82, 2.24) is 5.01 Å². The molecule has 2 aromatic carbocycles. The van der Waals surface area contributed by atoms with Crippen molar-refractivity contribution in [2.75, 3.05) is 0 Å². The topological polar surface area (TPSA) is 96.0 Å². The number of carbonyl (C=O) groups is 1. The van der Waals surface area contributed by atoms with Gasteiger partial charge in [-0.2, -0.15) is 23.3 Å². The summed E-state index contributed by atoms with van der Waals surface area (Å²) < 4.78 is 40.8. The van der Waals surface area contributed by atoms with Gasteiger partial charge in [0.1, 0.15) is 0 Å². The first-order valence-electron chi connectivity index (χ1n) is 7.74. The van der Waals surface area contributed by atoms with Crippen LogP contribution in [-0.2, 0) is 0 Å². The van der Waals surface area contributed by atoms with Crippen molar-refractivity contribution in [3.05, 3.63) is 74.8 Å². The predicted octanol–water partition coefficient (Wildman–Crippen LogP) is 3.75. The minimum absolute atomic E-state index is 0.0873. The van der Waals surface area contributed by atoms with Crippen molar-refractivity contribution in [2.45, 2.75) is 18.3 Å². The molecule has 0 fully saturated rings. The van der Waals surface area contributed by atoms with Crippen LogP contribution in [0.1, 0.15) is 22.3 Å². The zero-order valence-corrected chi connectivity index (χ0v) is 14.6. The van der Waals surface area contributed by atoms with Crippen LogP contribution in [0, 0.1) is 10.1 Å². The number of hydrogen-bond donors (Lipinski definition) is 1. The van der Waals surface area contributed by atoms with Crippen LogP contribution in [0.3, 0.4) is 0 Å². The summed E-state index contributed by atoms with van der Waals surface area (Å²) in [4.78, 5) is 22.7. The first-order valence-corrected chi connectivity index (χ1v) is 8.12. The lowest BCUT2D eigenvalue weighted by molar-refractivity contribution is -0.384. The normalized spacial score (nSPS) is 19.5. The lowest BCUT2D eigenvalue weighted by Crippen LogP contribution is -2.56. The summed E-state index contributed by atoms with van der Waals surface area (Å²) in [5.41, 5.74) is -4.44. The number of hydrogen-bond acceptors (Lipinski definition) is 5. The fourth-order valence-corrected chi connectivity index (χ4v) is 2.78. The Balaban J connectivity index is 2.05. The Labute approximate surface area is 160 Å². The number of alkyl halides is 3. The first-order chi connectivity index (χ1) is 13.0. The maximum atomic E-state index is 13.6. The number of rotatable bonds is 3. The van der Waals surface area contributed by atoms with Crippen molar-refractivity contribution in [3.8, 4) is 0 Å². The van der Waals surface area contributed by atoms with Crippen LogP contribution in [0.4, 0.5) is 18.9 Å². The third-order valence-electron chi connectivity index (χ3n) is 4.11. The fraction of sp³-hybridized carbons (Fsp3) is 0.176. The summed E-state index contributed by atoms with van der Waals surface area (Å²) >= 11 is 5.76. The van der Waals surface area contributed by atoms with Crippen molar-refractivity contribution >= 4 is 28.9 Å². The van der Waals surface area contributed by atoms with Crippen LogP contribution in [-0.4, -0.2) is 38.6 Å². The number of nitrogens with zero attached hydrogens (tertiary/aromatic N) is 3. The number of nitro groups is 1. The van der Waals surface area contributed by atoms with E-state index < -0.39 is 40.4 Å². The van der Waals surface area contributed by atoms with Crippen LogP contribution >= 0.6 is 11.6 Å². The van der Waals surface area contributed by atoms with E-state index in [1.54, 1.807) is 0 Å². The molecule has 1 amide bonds. The van der Waals surface area contributed by atoms with Gasteiger partial charge in [-0.25, -0.2) is 0 Å². The summed E-state index contributed by atoms with van der Waals surface area (Å²) in [6.45, 7) is 0. The van der Waals surface area contributed by atoms with Crippen molar-refractivity contribution in [3.63, 3.8) is 0 Å². The van der Waals surface area contributed by atoms with Gasteiger partial charge in [-0.1, -0.05) is 29.8 Å². The van der Waals surface area contributed by atoms with E-state index in [9.17, 15) is 33.2 Å². The summed E-state index contributed by atoms with van der Waals surface area (Å²) in [6, 6.07) is 9.81. The van der Waals surface area contributed by atoms with Crippen LogP contribution < -0.4 is 0 Å². The minimum Gasteiger partial charge on any atom is -0.362 e. The summed E-state index contributed by atoms with van der Waals surface area (Å²) in [6.07, 6.45) is -6.22. The molecular weight excluding hydrogens is 403 g/mol. The van der Waals surface area contributed by atoms with E-state index in [2.05, 4.69) is 5.10 Å². The first kappa shape index (κ1) is 19.8. The zero-order valence-electron chi connectivity index (χ0n) is 13.9. The molecule has 0 saturated heterocycles. The van der Waals surface area contributed by atoms with Gasteiger partial charge in [-0.3, -0.25) is 14.9 Å². The molecule has 0 unspecified atom stereocenters. The van der Waals surface area contributed by atoms with E-state index >= 15 is 0 Å². The third-order valence-corrected chi connectivity index (χ3v) is 4.36. The number of carbonyl (C=O) groups excluding carboxylic acids is 1. The standard InChI is InChI=1S/C17H11ClF3N3O4/c18-12-6-4-10(5-7-12)14-9-16(26,17(19,20)21)23(22-14)15(25)11-2-1-3-13(8-11)24(27)28/h1-8,26H,9H2/t16-/m1/s1. The van der Waals surface area contributed by atoms with Crippen LogP contribution in [0.2, 0.25) is 5.02 Å². The summed E-state index contributed by atoms with van der Waals surface area (Å²) in [7, 11) is 0. The van der Waals surface area contributed by atoms with Crippen molar-refractivity contribution in [1.29, 1.82) is 0 Å². The fourth-order valence-electron chi connectivity index (χ4n) is 2.66. The van der Waals surface area contributed by atoms with Gasteiger partial charge in [0, 0.05) is 22.7 Å². The average Bonchev–Trinajstić information content (AvgIpc) is 3.00. The number of aliphatic hydroxyl groups is 1. The van der Waals surface area contributed by atoms with E-state index in [-0.39, 0.29) is 16.3 Å². The number of non-ortho nitro benzene ring substituents is 1. The molecule has 1 heterocycles. The van der Waals surface area contributed by atoms with Gasteiger partial charge in [-0.15, -0.1) is 0 Å². The minimum atomic E-state index is -5.22. The molecular formula is C17H11ClF3N3O4. The van der Waals surface area contributed by atoms with Crippen LogP contribution in [0.25, 0.3) is 0 Å². The molecule has 2 aromatic rings. The molecule has 1 N–H and O–H groups in total. The highest BCUT2D eigenvalue weighted by molar-refractivity contribution is 6.30. The zero-order chi connectivity index (χ0) is 20.7. The number of halogens is 4. The Morgan fingerprint density at radius 2 is 1.89 bits per heavy atom. The second-order valence-electron chi connectivity index (χ2n) is 5.97. The van der Waals surface area contributed by atoms with E-state index in [1.807, 2.05) is 0 Å². The largest absolute Gasteiger partial charge is 0.438 e. The SMILES string of the molecule is O=C(c1cccc([N+](=O)[O-])c1)N1N=C(c2ccc(Cl)cc2)C[C@@]1(O)C(F)(F)F. The lowest BCUT2D eigenvalue weighted by atomic mass is 10.0. The second kappa shape index (κ2) is 6.88. The lowest BCUT2D eigenvalue weighted by Gasteiger charge is -2.32. The quantitative estimate of drug-likeness (QED) is 0.612. The second-order valence-corrected chi connectivity index (χ2v) is 6.41. The highest BCUT2D eigenvalue weighted by Crippen LogP contribution is 2.42. The molecule has 146 valence electrons. The molecule has 0 bridgehead atoms. The van der Waals surface area contributed by atoms with E-state index in [4.69, 9.17) is 11.6 Å². The summed E-state index contributed by atoms with van der Waals surface area (Å²) in [5, 5.41) is 25.1. The molecule has 1 aliphatic heterocycles. The number of hydrazone groups is 1. The summed E-state index contributed by atoms with van der Waals surface area (Å²) in [5.74, 6) is -1.33. The number of amides is 1. The molecule has 28 heavy (non-hydrogen) atoms. The van der Waals surface area contributed by atoms with Crippen molar-refractivity contribution < 1.29 is 28.0 Å². The highest BCUT2D eigenvalue weighted by atomic mass is 35.5. The number of benzene rings is 2.